The third kappa shape index (κ3) is 6.00. The van der Waals surface area contributed by atoms with E-state index in [-0.39, 0.29) is 30.9 Å². The van der Waals surface area contributed by atoms with E-state index in [1.54, 1.807) is 18.2 Å². The van der Waals surface area contributed by atoms with Gasteiger partial charge in [0.1, 0.15) is 5.75 Å². The fraction of sp³-hybridized carbons (Fsp3) is 0.333. The van der Waals surface area contributed by atoms with E-state index in [4.69, 9.17) is 16.3 Å². The molecule has 2 amide bonds. The maximum absolute atomic E-state index is 12.2. The molecular weight excluding hydrogens is 364 g/mol. The van der Waals surface area contributed by atoms with E-state index >= 15 is 0 Å². The van der Waals surface area contributed by atoms with E-state index in [1.165, 1.54) is 0 Å². The van der Waals surface area contributed by atoms with Crippen LogP contribution in [0.4, 0.5) is 5.69 Å². The van der Waals surface area contributed by atoms with Gasteiger partial charge in [-0.2, -0.15) is 0 Å². The van der Waals surface area contributed by atoms with E-state index in [2.05, 4.69) is 10.6 Å². The topological polar surface area (TPSA) is 67.4 Å². The predicted octanol–water partition coefficient (Wildman–Crippen LogP) is 4.50. The van der Waals surface area contributed by atoms with Crippen LogP contribution >= 0.6 is 11.6 Å². The number of carbonyl (C=O) groups excluding carboxylic acids is 2. The number of benzene rings is 2. The molecular formula is C21H25ClN2O3. The molecule has 2 aromatic carbocycles. The van der Waals surface area contributed by atoms with Gasteiger partial charge in [0.25, 0.3) is 5.91 Å². The van der Waals surface area contributed by atoms with E-state index in [1.807, 2.05) is 45.9 Å². The van der Waals surface area contributed by atoms with Crippen LogP contribution in [0, 0.1) is 13.8 Å². The van der Waals surface area contributed by atoms with Crippen molar-refractivity contribution in [1.82, 2.24) is 5.32 Å². The van der Waals surface area contributed by atoms with Crippen LogP contribution in [0.3, 0.4) is 0 Å². The average Bonchev–Trinajstić information content (AvgIpc) is 2.60. The van der Waals surface area contributed by atoms with Gasteiger partial charge in [0.15, 0.2) is 0 Å². The maximum atomic E-state index is 12.2. The lowest BCUT2D eigenvalue weighted by Gasteiger charge is -2.13. The highest BCUT2D eigenvalue weighted by molar-refractivity contribution is 6.33. The molecule has 0 spiro atoms. The zero-order valence-corrected chi connectivity index (χ0v) is 16.8. The van der Waals surface area contributed by atoms with Crippen LogP contribution in [0.1, 0.15) is 41.8 Å². The Kier molecular flexibility index (Phi) is 7.25. The Morgan fingerprint density at radius 3 is 2.59 bits per heavy atom. The Labute approximate surface area is 165 Å². The van der Waals surface area contributed by atoms with Crippen LogP contribution in [0.5, 0.6) is 5.75 Å². The smallest absolute Gasteiger partial charge is 0.251 e. The summed E-state index contributed by atoms with van der Waals surface area (Å²) in [7, 11) is 0. The molecule has 0 saturated heterocycles. The molecule has 0 aromatic heterocycles. The fourth-order valence-electron chi connectivity index (χ4n) is 2.45. The highest BCUT2D eigenvalue weighted by Crippen LogP contribution is 2.24. The normalized spacial score (nSPS) is 10.6. The largest absolute Gasteiger partial charge is 0.493 e. The quantitative estimate of drug-likeness (QED) is 0.733. The Hall–Kier alpha value is -2.53. The Morgan fingerprint density at radius 2 is 1.89 bits per heavy atom. The molecule has 0 radical (unpaired) electrons. The highest BCUT2D eigenvalue weighted by Gasteiger charge is 2.12. The number of ether oxygens (including phenoxy) is 1. The molecule has 0 atom stereocenters. The lowest BCUT2D eigenvalue weighted by Crippen LogP contribution is -2.30. The number of nitrogens with one attached hydrogen (secondary N) is 2. The summed E-state index contributed by atoms with van der Waals surface area (Å²) >= 11 is 6.14. The zero-order chi connectivity index (χ0) is 20.0. The summed E-state index contributed by atoms with van der Waals surface area (Å²) in [5, 5.41) is 5.92. The summed E-state index contributed by atoms with van der Waals surface area (Å²) in [6.45, 7) is 8.01. The van der Waals surface area contributed by atoms with Crippen molar-refractivity contribution in [2.75, 3.05) is 11.9 Å². The average molecular weight is 389 g/mol. The van der Waals surface area contributed by atoms with Gasteiger partial charge in [-0.05, 0) is 63.1 Å². The lowest BCUT2D eigenvalue weighted by molar-refractivity contribution is -0.116. The van der Waals surface area contributed by atoms with Crippen LogP contribution in [-0.2, 0) is 4.79 Å². The molecule has 0 bridgehead atoms. The third-order valence-electron chi connectivity index (χ3n) is 4.06. The molecule has 0 fully saturated rings. The van der Waals surface area contributed by atoms with Crippen molar-refractivity contribution in [3.05, 3.63) is 58.1 Å². The summed E-state index contributed by atoms with van der Waals surface area (Å²) in [6.07, 6.45) is 0.173. The van der Waals surface area contributed by atoms with Gasteiger partial charge in [-0.3, -0.25) is 9.59 Å². The van der Waals surface area contributed by atoms with Gasteiger partial charge in [0.05, 0.1) is 23.7 Å². The number of carbonyl (C=O) groups is 2. The van der Waals surface area contributed by atoms with Crippen molar-refractivity contribution in [3.8, 4) is 5.75 Å². The molecule has 5 nitrogen and oxygen atoms in total. The number of hydrogen-bond acceptors (Lipinski definition) is 3. The van der Waals surface area contributed by atoms with Gasteiger partial charge in [0.2, 0.25) is 5.91 Å². The van der Waals surface area contributed by atoms with Gasteiger partial charge in [-0.15, -0.1) is 0 Å². The fourth-order valence-corrected chi connectivity index (χ4v) is 2.62. The van der Waals surface area contributed by atoms with Gasteiger partial charge in [0, 0.05) is 11.6 Å². The molecule has 6 heteroatoms. The Balaban J connectivity index is 1.95. The second kappa shape index (κ2) is 9.42. The monoisotopic (exact) mass is 388 g/mol. The van der Waals surface area contributed by atoms with Crippen LogP contribution in [0.2, 0.25) is 5.02 Å². The minimum Gasteiger partial charge on any atom is -0.493 e. The first-order chi connectivity index (χ1) is 12.8. The number of amides is 2. The van der Waals surface area contributed by atoms with Gasteiger partial charge >= 0.3 is 0 Å². The van der Waals surface area contributed by atoms with E-state index < -0.39 is 0 Å². The van der Waals surface area contributed by atoms with Gasteiger partial charge in [-0.1, -0.05) is 23.7 Å². The molecule has 0 aliphatic carbocycles. The SMILES string of the molecule is Cc1cccc(OCCC(=O)Nc2cc(C(=O)NC(C)C)ccc2Cl)c1C. The molecule has 2 rings (SSSR count). The van der Waals surface area contributed by atoms with Crippen molar-refractivity contribution >= 4 is 29.1 Å². The van der Waals surface area contributed by atoms with E-state index in [0.717, 1.165) is 16.9 Å². The first-order valence-corrected chi connectivity index (χ1v) is 9.25. The Morgan fingerprint density at radius 1 is 1.15 bits per heavy atom. The van der Waals surface area contributed by atoms with Crippen LogP contribution in [0.25, 0.3) is 0 Å². The minimum atomic E-state index is -0.233. The standard InChI is InChI=1S/C21H25ClN2O3/c1-13(2)23-21(26)16-8-9-17(22)18(12-16)24-20(25)10-11-27-19-7-5-6-14(3)15(19)4/h5-9,12-13H,10-11H2,1-4H3,(H,23,26)(H,24,25). The summed E-state index contributed by atoms with van der Waals surface area (Å²) in [5.74, 6) is 0.326. The minimum absolute atomic E-state index is 0.0217. The number of halogens is 1. The molecule has 27 heavy (non-hydrogen) atoms. The molecule has 0 aliphatic rings. The maximum Gasteiger partial charge on any atom is 0.251 e. The second-order valence-corrected chi connectivity index (χ2v) is 7.07. The molecule has 144 valence electrons. The molecule has 0 aliphatic heterocycles. The Bertz CT molecular complexity index is 834. The summed E-state index contributed by atoms with van der Waals surface area (Å²) in [5.41, 5.74) is 3.05. The molecule has 0 saturated carbocycles. The van der Waals surface area contributed by atoms with Crippen molar-refractivity contribution < 1.29 is 14.3 Å². The van der Waals surface area contributed by atoms with E-state index in [9.17, 15) is 9.59 Å². The van der Waals surface area contributed by atoms with Gasteiger partial charge < -0.3 is 15.4 Å². The third-order valence-corrected chi connectivity index (χ3v) is 4.39. The zero-order valence-electron chi connectivity index (χ0n) is 16.1. The van der Waals surface area contributed by atoms with Crippen molar-refractivity contribution in [2.45, 2.75) is 40.2 Å². The molecule has 0 unspecified atom stereocenters. The summed E-state index contributed by atoms with van der Waals surface area (Å²) < 4.78 is 5.70. The molecule has 2 N–H and O–H groups in total. The first-order valence-electron chi connectivity index (χ1n) is 8.87. The number of anilines is 1. The summed E-state index contributed by atoms with van der Waals surface area (Å²) in [4.78, 5) is 24.3. The lowest BCUT2D eigenvalue weighted by atomic mass is 10.1. The first kappa shape index (κ1) is 20.8. The van der Waals surface area contributed by atoms with Crippen molar-refractivity contribution in [2.24, 2.45) is 0 Å². The number of rotatable bonds is 7. The predicted molar refractivity (Wildman–Crippen MR) is 109 cm³/mol. The van der Waals surface area contributed by atoms with Gasteiger partial charge in [-0.25, -0.2) is 0 Å². The van der Waals surface area contributed by atoms with Crippen molar-refractivity contribution in [1.29, 1.82) is 0 Å². The summed E-state index contributed by atoms with van der Waals surface area (Å²) in [6, 6.07) is 10.6. The second-order valence-electron chi connectivity index (χ2n) is 6.67. The molecule has 2 aromatic rings. The van der Waals surface area contributed by atoms with Crippen LogP contribution < -0.4 is 15.4 Å². The van der Waals surface area contributed by atoms with E-state index in [0.29, 0.717) is 16.3 Å². The number of aryl methyl sites for hydroxylation is 1. The highest BCUT2D eigenvalue weighted by atomic mass is 35.5. The number of hydrogen-bond donors (Lipinski definition) is 2. The van der Waals surface area contributed by atoms with Crippen molar-refractivity contribution in [3.63, 3.8) is 0 Å². The van der Waals surface area contributed by atoms with Crippen LogP contribution in [-0.4, -0.2) is 24.5 Å². The van der Waals surface area contributed by atoms with Crippen LogP contribution in [0.15, 0.2) is 36.4 Å². The molecule has 0 heterocycles.